The summed E-state index contributed by atoms with van der Waals surface area (Å²) in [5.74, 6) is -1.90. The Morgan fingerprint density at radius 2 is 1.93 bits per heavy atom. The maximum Gasteiger partial charge on any atom is 0.453 e. The Labute approximate surface area is 167 Å². The van der Waals surface area contributed by atoms with Crippen LogP contribution >= 0.6 is 0 Å². The lowest BCUT2D eigenvalue weighted by Gasteiger charge is -2.10. The summed E-state index contributed by atoms with van der Waals surface area (Å²) in [5, 5.41) is 14.3. The monoisotopic (exact) mass is 423 g/mol. The number of aromatic nitrogens is 4. The summed E-state index contributed by atoms with van der Waals surface area (Å²) in [7, 11) is 0. The van der Waals surface area contributed by atoms with Gasteiger partial charge in [0.15, 0.2) is 0 Å². The molecule has 158 valence electrons. The number of alkyl halides is 3. The van der Waals surface area contributed by atoms with Gasteiger partial charge in [-0.05, 0) is 44.9 Å². The Balaban J connectivity index is 1.76. The molecule has 3 rings (SSSR count). The van der Waals surface area contributed by atoms with Gasteiger partial charge in [-0.25, -0.2) is 9.50 Å². The average molecular weight is 423 g/mol. The zero-order valence-electron chi connectivity index (χ0n) is 16.1. The highest BCUT2D eigenvalue weighted by molar-refractivity contribution is 5.73. The fourth-order valence-electron chi connectivity index (χ4n) is 3.00. The molecule has 0 N–H and O–H groups in total. The van der Waals surface area contributed by atoms with E-state index in [0.29, 0.717) is 22.5 Å². The molecule has 12 heteroatoms. The molecule has 0 spiro atoms. The summed E-state index contributed by atoms with van der Waals surface area (Å²) < 4.78 is 44.8. The van der Waals surface area contributed by atoms with Gasteiger partial charge in [0.25, 0.3) is 17.3 Å². The van der Waals surface area contributed by atoms with Crippen molar-refractivity contribution in [2.24, 2.45) is 0 Å². The number of aryl methyl sites for hydroxylation is 3. The van der Waals surface area contributed by atoms with E-state index in [1.807, 2.05) is 0 Å². The Morgan fingerprint density at radius 1 is 1.23 bits per heavy atom. The average Bonchev–Trinajstić information content (AvgIpc) is 3.05. The van der Waals surface area contributed by atoms with Crippen molar-refractivity contribution in [2.75, 3.05) is 0 Å². The minimum atomic E-state index is -4.69. The highest BCUT2D eigenvalue weighted by Crippen LogP contribution is 2.27. The van der Waals surface area contributed by atoms with Crippen LogP contribution in [0.25, 0.3) is 5.78 Å². The third kappa shape index (κ3) is 4.21. The molecule has 3 aromatic rings. The van der Waals surface area contributed by atoms with Crippen molar-refractivity contribution >= 4 is 17.4 Å². The summed E-state index contributed by atoms with van der Waals surface area (Å²) in [6.45, 7) is 4.70. The van der Waals surface area contributed by atoms with Gasteiger partial charge in [0.05, 0.1) is 11.3 Å². The van der Waals surface area contributed by atoms with Crippen molar-refractivity contribution in [1.29, 1.82) is 0 Å². The third-order valence-electron chi connectivity index (χ3n) is 4.48. The van der Waals surface area contributed by atoms with E-state index < -0.39 is 22.9 Å². The van der Waals surface area contributed by atoms with Gasteiger partial charge in [-0.3, -0.25) is 14.9 Å². The van der Waals surface area contributed by atoms with Crippen LogP contribution in [0.15, 0.2) is 18.2 Å². The Kier molecular flexibility index (Phi) is 5.42. The highest BCUT2D eigenvalue weighted by atomic mass is 19.4. The lowest BCUT2D eigenvalue weighted by atomic mass is 10.1. The topological polar surface area (TPSA) is 113 Å². The van der Waals surface area contributed by atoms with Gasteiger partial charge in [-0.1, -0.05) is 0 Å². The number of rotatable bonds is 5. The molecule has 1 aromatic carbocycles. The Morgan fingerprint density at radius 3 is 2.53 bits per heavy atom. The minimum absolute atomic E-state index is 0.0777. The molecule has 2 heterocycles. The van der Waals surface area contributed by atoms with Crippen LogP contribution in [0, 0.1) is 30.9 Å². The molecule has 9 nitrogen and oxygen atoms in total. The predicted octanol–water partition coefficient (Wildman–Crippen LogP) is 3.51. The second-order valence-corrected chi connectivity index (χ2v) is 6.59. The fraction of sp³-hybridized carbons (Fsp3) is 0.333. The van der Waals surface area contributed by atoms with Crippen LogP contribution in [-0.4, -0.2) is 30.5 Å². The van der Waals surface area contributed by atoms with Crippen molar-refractivity contribution in [3.8, 4) is 5.75 Å². The number of hydrogen-bond acceptors (Lipinski definition) is 7. The molecular weight excluding hydrogens is 407 g/mol. The summed E-state index contributed by atoms with van der Waals surface area (Å²) in [6, 6.07) is 3.95. The second kappa shape index (κ2) is 7.69. The predicted molar refractivity (Wildman–Crippen MR) is 97.0 cm³/mol. The number of halogens is 3. The van der Waals surface area contributed by atoms with Gasteiger partial charge < -0.3 is 4.74 Å². The third-order valence-corrected chi connectivity index (χ3v) is 4.48. The largest absolute Gasteiger partial charge is 0.453 e. The number of carbonyl (C=O) groups is 1. The summed E-state index contributed by atoms with van der Waals surface area (Å²) in [6.07, 6.45) is -4.61. The molecule has 0 aliphatic rings. The number of hydrogen-bond donors (Lipinski definition) is 0. The van der Waals surface area contributed by atoms with Crippen LogP contribution in [0.5, 0.6) is 5.75 Å². The first-order valence-corrected chi connectivity index (χ1v) is 8.73. The van der Waals surface area contributed by atoms with Crippen LogP contribution in [0.4, 0.5) is 18.9 Å². The molecule has 0 aliphatic carbocycles. The van der Waals surface area contributed by atoms with Gasteiger partial charge in [0.1, 0.15) is 5.75 Å². The van der Waals surface area contributed by atoms with E-state index in [2.05, 4.69) is 15.1 Å². The number of fused-ring (bicyclic) bond motifs is 1. The smallest absolute Gasteiger partial charge is 0.427 e. The Hall–Kier alpha value is -3.57. The number of esters is 1. The van der Waals surface area contributed by atoms with Crippen LogP contribution in [0.3, 0.4) is 0 Å². The SMILES string of the molecule is Cc1cc(OC(=O)CCc2c(C)nc3nc(C(F)(F)F)nn3c2C)ccc1[N+](=O)[O-]. The molecule has 0 atom stereocenters. The van der Waals surface area contributed by atoms with E-state index in [-0.39, 0.29) is 30.1 Å². The van der Waals surface area contributed by atoms with Crippen molar-refractivity contribution in [2.45, 2.75) is 39.8 Å². The van der Waals surface area contributed by atoms with E-state index in [1.165, 1.54) is 25.1 Å². The molecule has 0 bridgehead atoms. The van der Waals surface area contributed by atoms with Gasteiger partial charge >= 0.3 is 12.1 Å². The first-order chi connectivity index (χ1) is 14.0. The number of nitro benzene ring substituents is 1. The fourth-order valence-corrected chi connectivity index (χ4v) is 3.00. The van der Waals surface area contributed by atoms with E-state index in [9.17, 15) is 28.1 Å². The molecule has 0 radical (unpaired) electrons. The molecule has 0 aliphatic heterocycles. The molecule has 0 unspecified atom stereocenters. The van der Waals surface area contributed by atoms with E-state index in [1.54, 1.807) is 13.8 Å². The number of ether oxygens (including phenoxy) is 1. The van der Waals surface area contributed by atoms with Crippen molar-refractivity contribution in [1.82, 2.24) is 19.6 Å². The summed E-state index contributed by atoms with van der Waals surface area (Å²) in [4.78, 5) is 29.9. The van der Waals surface area contributed by atoms with Crippen LogP contribution in [0.1, 0.15) is 34.8 Å². The molecule has 30 heavy (non-hydrogen) atoms. The van der Waals surface area contributed by atoms with Crippen LogP contribution < -0.4 is 4.74 Å². The first kappa shape index (κ1) is 21.1. The first-order valence-electron chi connectivity index (χ1n) is 8.73. The minimum Gasteiger partial charge on any atom is -0.427 e. The maximum atomic E-state index is 12.9. The zero-order chi connectivity index (χ0) is 22.2. The van der Waals surface area contributed by atoms with E-state index in [4.69, 9.17) is 4.74 Å². The molecule has 2 aromatic heterocycles. The highest BCUT2D eigenvalue weighted by Gasteiger charge is 2.37. The van der Waals surface area contributed by atoms with Gasteiger partial charge in [-0.15, -0.1) is 5.10 Å². The summed E-state index contributed by atoms with van der Waals surface area (Å²) in [5.41, 5.74) is 1.63. The molecule has 0 saturated carbocycles. The zero-order valence-corrected chi connectivity index (χ0v) is 16.1. The molecular formula is C18H16F3N5O4. The van der Waals surface area contributed by atoms with Gasteiger partial charge in [-0.2, -0.15) is 18.2 Å². The van der Waals surface area contributed by atoms with Crippen molar-refractivity contribution < 1.29 is 27.6 Å². The van der Waals surface area contributed by atoms with Gasteiger partial charge in [0, 0.05) is 23.0 Å². The number of benzene rings is 1. The number of nitro groups is 1. The van der Waals surface area contributed by atoms with E-state index in [0.717, 1.165) is 4.52 Å². The van der Waals surface area contributed by atoms with Crippen molar-refractivity contribution in [3.63, 3.8) is 0 Å². The summed E-state index contributed by atoms with van der Waals surface area (Å²) >= 11 is 0. The molecule has 0 saturated heterocycles. The Bertz CT molecular complexity index is 1160. The second-order valence-electron chi connectivity index (χ2n) is 6.59. The standard InChI is InChI=1S/C18H16F3N5O4/c1-9-8-12(4-6-14(9)26(28)29)30-15(27)7-5-13-10(2)22-17-23-16(18(19,20)21)24-25(17)11(13)3/h4,6,8H,5,7H2,1-3H3. The van der Waals surface area contributed by atoms with Crippen LogP contribution in [0.2, 0.25) is 0 Å². The number of nitrogens with zero attached hydrogens (tertiary/aromatic N) is 5. The lowest BCUT2D eigenvalue weighted by molar-refractivity contribution is -0.385. The normalized spacial score (nSPS) is 11.7. The number of carbonyl (C=O) groups excluding carboxylic acids is 1. The molecule has 0 fully saturated rings. The van der Waals surface area contributed by atoms with Gasteiger partial charge in [0.2, 0.25) is 0 Å². The van der Waals surface area contributed by atoms with Crippen LogP contribution in [-0.2, 0) is 17.4 Å². The van der Waals surface area contributed by atoms with Crippen molar-refractivity contribution in [3.05, 3.63) is 56.7 Å². The molecule has 0 amide bonds. The van der Waals surface area contributed by atoms with E-state index >= 15 is 0 Å². The lowest BCUT2D eigenvalue weighted by Crippen LogP contribution is -2.12. The maximum absolute atomic E-state index is 12.9. The quantitative estimate of drug-likeness (QED) is 0.267.